The van der Waals surface area contributed by atoms with Crippen LogP contribution in [-0.2, 0) is 21.6 Å². The van der Waals surface area contributed by atoms with Crippen LogP contribution in [0.1, 0.15) is 53.9 Å². The van der Waals surface area contributed by atoms with Crippen molar-refractivity contribution >= 4 is 24.0 Å². The fourth-order valence-electron chi connectivity index (χ4n) is 6.44. The molecule has 1 amide bonds. The van der Waals surface area contributed by atoms with Crippen molar-refractivity contribution < 1.29 is 14.3 Å². The summed E-state index contributed by atoms with van der Waals surface area (Å²) in [6.07, 6.45) is 4.28. The van der Waals surface area contributed by atoms with Gasteiger partial charge in [0.2, 0.25) is 0 Å². The summed E-state index contributed by atoms with van der Waals surface area (Å²) in [5, 5.41) is 1.84. The number of carbonyl (C=O) groups is 2. The summed E-state index contributed by atoms with van der Waals surface area (Å²) in [6, 6.07) is 38.9. The first-order chi connectivity index (χ1) is 22.1. The highest BCUT2D eigenvalue weighted by atomic mass is 35.5. The number of benzene rings is 4. The molecular formula is C38H42ClN3O3. The monoisotopic (exact) mass is 623 g/mol. The highest BCUT2D eigenvalue weighted by molar-refractivity contribution is 6.30. The number of ether oxygens (including phenoxy) is 1. The fourth-order valence-corrected chi connectivity index (χ4v) is 6.65. The fraction of sp³-hybridized carbons (Fsp3) is 0.316. The molecule has 0 atom stereocenters. The zero-order valence-electron chi connectivity index (χ0n) is 25.7. The Balaban J connectivity index is 1.30. The first kappa shape index (κ1) is 32.4. The molecular weight excluding hydrogens is 582 g/mol. The lowest BCUT2D eigenvalue weighted by atomic mass is 9.71. The number of hydrogen-bond donors (Lipinski definition) is 1. The van der Waals surface area contributed by atoms with Gasteiger partial charge in [-0.15, -0.1) is 0 Å². The van der Waals surface area contributed by atoms with Crippen LogP contribution in [0.4, 0.5) is 4.79 Å². The zero-order valence-corrected chi connectivity index (χ0v) is 26.4. The lowest BCUT2D eigenvalue weighted by Gasteiger charge is -2.38. The largest absolute Gasteiger partial charge is 0.444 e. The van der Waals surface area contributed by atoms with Gasteiger partial charge in [-0.2, -0.15) is 0 Å². The number of amides is 1. The number of likely N-dealkylation sites (tertiary alicyclic amines) is 1. The maximum atomic E-state index is 13.2. The number of piperidine rings is 1. The SMILES string of the molecule is O=CCN(NCC(CCCN1CCC(c2ccccc2)CC1)(c1ccccc1)c1ccccc1)C(=O)OCc1cccc(Cl)c1. The number of halogens is 1. The molecule has 1 N–H and O–H groups in total. The lowest BCUT2D eigenvalue weighted by Crippen LogP contribution is -2.51. The molecule has 6 nitrogen and oxygen atoms in total. The third kappa shape index (κ3) is 8.82. The molecule has 4 aromatic carbocycles. The number of aldehydes is 1. The van der Waals surface area contributed by atoms with Crippen molar-refractivity contribution in [3.63, 3.8) is 0 Å². The summed E-state index contributed by atoms with van der Waals surface area (Å²) >= 11 is 6.10. The van der Waals surface area contributed by atoms with Crippen molar-refractivity contribution in [2.75, 3.05) is 32.7 Å². The van der Waals surface area contributed by atoms with Gasteiger partial charge in [0.05, 0.1) is 6.54 Å². The van der Waals surface area contributed by atoms with Crippen molar-refractivity contribution in [2.45, 2.75) is 43.6 Å². The van der Waals surface area contributed by atoms with Crippen LogP contribution < -0.4 is 5.43 Å². The van der Waals surface area contributed by atoms with Gasteiger partial charge in [0, 0.05) is 17.0 Å². The molecule has 0 bridgehead atoms. The van der Waals surface area contributed by atoms with E-state index in [4.69, 9.17) is 16.3 Å². The first-order valence-corrected chi connectivity index (χ1v) is 16.2. The number of carbonyl (C=O) groups excluding carboxylic acids is 2. The lowest BCUT2D eigenvalue weighted by molar-refractivity contribution is -0.109. The maximum absolute atomic E-state index is 13.2. The average molecular weight is 624 g/mol. The Morgan fingerprint density at radius 2 is 1.51 bits per heavy atom. The predicted molar refractivity (Wildman–Crippen MR) is 180 cm³/mol. The average Bonchev–Trinajstić information content (AvgIpc) is 3.09. The normalized spacial score (nSPS) is 14.2. The summed E-state index contributed by atoms with van der Waals surface area (Å²) in [5.41, 5.74) is 7.40. The van der Waals surface area contributed by atoms with Gasteiger partial charge < -0.3 is 14.4 Å². The molecule has 5 rings (SSSR count). The van der Waals surface area contributed by atoms with Gasteiger partial charge in [-0.05, 0) is 85.6 Å². The van der Waals surface area contributed by atoms with Gasteiger partial charge in [-0.25, -0.2) is 15.2 Å². The zero-order chi connectivity index (χ0) is 31.3. The molecule has 1 heterocycles. The van der Waals surface area contributed by atoms with Gasteiger partial charge >= 0.3 is 6.09 Å². The number of hydrazine groups is 1. The quantitative estimate of drug-likeness (QED) is 0.116. The summed E-state index contributed by atoms with van der Waals surface area (Å²) in [7, 11) is 0. The molecule has 0 saturated carbocycles. The summed E-state index contributed by atoms with van der Waals surface area (Å²) in [4.78, 5) is 27.4. The molecule has 0 unspecified atom stereocenters. The smallest absolute Gasteiger partial charge is 0.424 e. The van der Waals surface area contributed by atoms with Crippen LogP contribution in [0.25, 0.3) is 0 Å². The predicted octanol–water partition coefficient (Wildman–Crippen LogP) is 7.63. The molecule has 7 heteroatoms. The van der Waals surface area contributed by atoms with E-state index in [1.807, 2.05) is 24.3 Å². The van der Waals surface area contributed by atoms with Crippen molar-refractivity contribution in [1.29, 1.82) is 0 Å². The van der Waals surface area contributed by atoms with Crippen LogP contribution in [0.15, 0.2) is 115 Å². The molecule has 1 fully saturated rings. The minimum atomic E-state index is -0.613. The van der Waals surface area contributed by atoms with Gasteiger partial charge in [-0.3, -0.25) is 0 Å². The highest BCUT2D eigenvalue weighted by Gasteiger charge is 2.35. The molecule has 4 aromatic rings. The minimum absolute atomic E-state index is 0.0555. The van der Waals surface area contributed by atoms with E-state index in [2.05, 4.69) is 89.2 Å². The van der Waals surface area contributed by atoms with E-state index in [9.17, 15) is 9.59 Å². The van der Waals surface area contributed by atoms with Crippen LogP contribution in [-0.4, -0.2) is 55.0 Å². The Bertz CT molecular complexity index is 1440. The van der Waals surface area contributed by atoms with E-state index in [0.717, 1.165) is 49.2 Å². The molecule has 234 valence electrons. The third-order valence-corrected chi connectivity index (χ3v) is 9.12. The van der Waals surface area contributed by atoms with Gasteiger partial charge in [0.1, 0.15) is 12.9 Å². The minimum Gasteiger partial charge on any atom is -0.444 e. The van der Waals surface area contributed by atoms with Crippen LogP contribution in [0.3, 0.4) is 0 Å². The van der Waals surface area contributed by atoms with E-state index in [1.54, 1.807) is 12.1 Å². The molecule has 0 aromatic heterocycles. The van der Waals surface area contributed by atoms with E-state index in [0.29, 0.717) is 23.8 Å². The van der Waals surface area contributed by atoms with E-state index >= 15 is 0 Å². The highest BCUT2D eigenvalue weighted by Crippen LogP contribution is 2.37. The van der Waals surface area contributed by atoms with Crippen LogP contribution in [0.5, 0.6) is 0 Å². The second kappa shape index (κ2) is 16.4. The molecule has 1 aliphatic heterocycles. The number of rotatable bonds is 14. The summed E-state index contributed by atoms with van der Waals surface area (Å²) < 4.78 is 5.58. The van der Waals surface area contributed by atoms with Crippen molar-refractivity contribution in [3.8, 4) is 0 Å². The molecule has 0 aliphatic carbocycles. The van der Waals surface area contributed by atoms with Gasteiger partial charge in [0.15, 0.2) is 0 Å². The molecule has 1 aliphatic rings. The van der Waals surface area contributed by atoms with Crippen LogP contribution >= 0.6 is 11.6 Å². The molecule has 0 spiro atoms. The molecule has 45 heavy (non-hydrogen) atoms. The summed E-state index contributed by atoms with van der Waals surface area (Å²) in [6.45, 7) is 3.52. The Labute approximate surface area is 271 Å². The topological polar surface area (TPSA) is 61.9 Å². The Morgan fingerprint density at radius 3 is 2.11 bits per heavy atom. The standard InChI is InChI=1S/C38H42ClN3O3/c39-36-19-10-12-31(28-36)29-45-37(44)42(26-27-43)40-30-38(34-15-6-2-7-16-34,35-17-8-3-9-18-35)22-11-23-41-24-20-33(21-25-41)32-13-4-1-5-14-32/h1-10,12-19,27-28,33,40H,11,20-26,29-30H2. The first-order valence-electron chi connectivity index (χ1n) is 15.8. The molecule has 1 saturated heterocycles. The van der Waals surface area contributed by atoms with Crippen molar-refractivity contribution in [1.82, 2.24) is 15.3 Å². The summed E-state index contributed by atoms with van der Waals surface area (Å²) in [5.74, 6) is 0.627. The number of nitrogens with zero attached hydrogens (tertiary/aromatic N) is 2. The van der Waals surface area contributed by atoms with Gasteiger partial charge in [-0.1, -0.05) is 115 Å². The number of hydrogen-bond acceptors (Lipinski definition) is 5. The third-order valence-electron chi connectivity index (χ3n) is 8.89. The maximum Gasteiger partial charge on any atom is 0.424 e. The van der Waals surface area contributed by atoms with E-state index in [-0.39, 0.29) is 13.2 Å². The Hall–Kier alpha value is -3.97. The second-order valence-corrected chi connectivity index (χ2v) is 12.2. The van der Waals surface area contributed by atoms with Crippen LogP contribution in [0.2, 0.25) is 5.02 Å². The van der Waals surface area contributed by atoms with E-state index < -0.39 is 11.5 Å². The van der Waals surface area contributed by atoms with E-state index in [1.165, 1.54) is 23.4 Å². The second-order valence-electron chi connectivity index (χ2n) is 11.7. The van der Waals surface area contributed by atoms with Crippen LogP contribution in [0, 0.1) is 0 Å². The number of nitrogens with one attached hydrogen (secondary N) is 1. The van der Waals surface area contributed by atoms with Gasteiger partial charge in [0.25, 0.3) is 0 Å². The Morgan fingerprint density at radius 1 is 0.889 bits per heavy atom. The van der Waals surface area contributed by atoms with Crippen molar-refractivity contribution in [3.05, 3.63) is 143 Å². The molecule has 0 radical (unpaired) electrons. The van der Waals surface area contributed by atoms with Crippen molar-refractivity contribution in [2.24, 2.45) is 0 Å². The Kier molecular flexibility index (Phi) is 11.8.